The molecular formula is C16H17Cl2N3. The van der Waals surface area contributed by atoms with E-state index in [1.54, 1.807) is 12.3 Å². The van der Waals surface area contributed by atoms with Crippen LogP contribution in [0.25, 0.3) is 0 Å². The Bertz CT molecular complexity index is 658. The predicted octanol–water partition coefficient (Wildman–Crippen LogP) is 3.62. The van der Waals surface area contributed by atoms with E-state index in [0.29, 0.717) is 10.0 Å². The number of aromatic nitrogens is 1. The molecule has 5 heteroatoms. The van der Waals surface area contributed by atoms with Crippen LogP contribution in [0, 0.1) is 0 Å². The molecule has 0 radical (unpaired) electrons. The third kappa shape index (κ3) is 3.22. The van der Waals surface area contributed by atoms with Crippen LogP contribution in [0.5, 0.6) is 0 Å². The van der Waals surface area contributed by atoms with Crippen LogP contribution >= 0.6 is 23.2 Å². The molecule has 1 unspecified atom stereocenters. The number of hydrogen-bond acceptors (Lipinski definition) is 3. The van der Waals surface area contributed by atoms with Gasteiger partial charge in [-0.3, -0.25) is 16.3 Å². The van der Waals surface area contributed by atoms with E-state index in [2.05, 4.69) is 28.6 Å². The number of hydrogen-bond donors (Lipinski definition) is 2. The highest BCUT2D eigenvalue weighted by atomic mass is 35.5. The average Bonchev–Trinajstić information content (AvgIpc) is 2.93. The summed E-state index contributed by atoms with van der Waals surface area (Å²) in [6.07, 6.45) is 5.96. The van der Waals surface area contributed by atoms with Crippen LogP contribution in [0.4, 0.5) is 0 Å². The van der Waals surface area contributed by atoms with Crippen molar-refractivity contribution in [3.8, 4) is 0 Å². The number of benzene rings is 1. The Morgan fingerprint density at radius 2 is 2.00 bits per heavy atom. The van der Waals surface area contributed by atoms with E-state index in [4.69, 9.17) is 29.0 Å². The van der Waals surface area contributed by atoms with Gasteiger partial charge in [0.25, 0.3) is 0 Å². The van der Waals surface area contributed by atoms with Crippen molar-refractivity contribution in [3.63, 3.8) is 0 Å². The van der Waals surface area contributed by atoms with Crippen LogP contribution in [-0.2, 0) is 19.3 Å². The molecule has 3 nitrogen and oxygen atoms in total. The Balaban J connectivity index is 1.84. The second-order valence-corrected chi connectivity index (χ2v) is 6.24. The van der Waals surface area contributed by atoms with Crippen molar-refractivity contribution in [1.29, 1.82) is 0 Å². The van der Waals surface area contributed by atoms with Crippen molar-refractivity contribution in [3.05, 3.63) is 62.9 Å². The molecule has 1 heterocycles. The quantitative estimate of drug-likeness (QED) is 0.668. The number of nitrogens with two attached hydrogens (primary N) is 1. The first-order chi connectivity index (χ1) is 10.2. The largest absolute Gasteiger partial charge is 0.271 e. The number of nitrogens with one attached hydrogen (secondary N) is 1. The lowest BCUT2D eigenvalue weighted by Crippen LogP contribution is -2.30. The molecule has 0 saturated carbocycles. The Labute approximate surface area is 134 Å². The fourth-order valence-electron chi connectivity index (χ4n) is 2.90. The van der Waals surface area contributed by atoms with E-state index in [0.717, 1.165) is 12.1 Å². The summed E-state index contributed by atoms with van der Waals surface area (Å²) in [6, 6.07) is 8.23. The van der Waals surface area contributed by atoms with Crippen LogP contribution < -0.4 is 11.3 Å². The van der Waals surface area contributed by atoms with Gasteiger partial charge in [-0.2, -0.15) is 0 Å². The van der Waals surface area contributed by atoms with Crippen molar-refractivity contribution >= 4 is 23.2 Å². The van der Waals surface area contributed by atoms with Crippen molar-refractivity contribution in [1.82, 2.24) is 10.4 Å². The molecule has 1 atom stereocenters. The summed E-state index contributed by atoms with van der Waals surface area (Å²) in [6.45, 7) is 0. The van der Waals surface area contributed by atoms with Gasteiger partial charge in [0.15, 0.2) is 0 Å². The number of fused-ring (bicyclic) bond motifs is 1. The van der Waals surface area contributed by atoms with Gasteiger partial charge in [-0.15, -0.1) is 0 Å². The maximum Gasteiger partial charge on any atom is 0.0777 e. The summed E-state index contributed by atoms with van der Waals surface area (Å²) >= 11 is 12.1. The number of rotatable bonds is 4. The molecule has 1 aromatic heterocycles. The normalized spacial score (nSPS) is 15.0. The first-order valence-electron chi connectivity index (χ1n) is 7.05. The first kappa shape index (κ1) is 14.8. The highest BCUT2D eigenvalue weighted by Gasteiger charge is 2.18. The van der Waals surface area contributed by atoms with Gasteiger partial charge in [0, 0.05) is 6.20 Å². The summed E-state index contributed by atoms with van der Waals surface area (Å²) in [4.78, 5) is 4.31. The molecule has 21 heavy (non-hydrogen) atoms. The Morgan fingerprint density at radius 1 is 1.19 bits per heavy atom. The fraction of sp³-hybridized carbons (Fsp3) is 0.312. The van der Waals surface area contributed by atoms with Crippen molar-refractivity contribution in [2.75, 3.05) is 0 Å². The zero-order chi connectivity index (χ0) is 14.8. The van der Waals surface area contributed by atoms with Gasteiger partial charge in [0.2, 0.25) is 0 Å². The zero-order valence-electron chi connectivity index (χ0n) is 11.6. The Kier molecular flexibility index (Phi) is 4.45. The number of halogens is 2. The standard InChI is InChI=1S/C16H17Cl2N3/c17-13-8-14(18)16(20-9-13)15(21-19)7-10-4-5-11-2-1-3-12(11)6-10/h4-6,8-9,15,21H,1-3,7,19H2. The molecule has 1 aliphatic carbocycles. The van der Waals surface area contributed by atoms with Gasteiger partial charge in [0.05, 0.1) is 21.8 Å². The topological polar surface area (TPSA) is 50.9 Å². The summed E-state index contributed by atoms with van der Waals surface area (Å²) in [5.74, 6) is 5.69. The molecule has 0 saturated heterocycles. The third-order valence-corrected chi connectivity index (χ3v) is 4.48. The summed E-state index contributed by atoms with van der Waals surface area (Å²) in [5.41, 5.74) is 7.70. The zero-order valence-corrected chi connectivity index (χ0v) is 13.1. The summed E-state index contributed by atoms with van der Waals surface area (Å²) in [7, 11) is 0. The average molecular weight is 322 g/mol. The number of aryl methyl sites for hydroxylation is 2. The van der Waals surface area contributed by atoms with Crippen LogP contribution in [0.1, 0.15) is 34.8 Å². The number of pyridine rings is 1. The fourth-order valence-corrected chi connectivity index (χ4v) is 3.42. The van der Waals surface area contributed by atoms with Crippen LogP contribution in [-0.4, -0.2) is 4.98 Å². The first-order valence-corrected chi connectivity index (χ1v) is 7.80. The minimum Gasteiger partial charge on any atom is -0.271 e. The van der Waals surface area contributed by atoms with Gasteiger partial charge in [0.1, 0.15) is 0 Å². The number of hydrazine groups is 1. The summed E-state index contributed by atoms with van der Waals surface area (Å²) in [5, 5.41) is 1.06. The Hall–Kier alpha value is -1.13. The van der Waals surface area contributed by atoms with Crippen LogP contribution in [0.15, 0.2) is 30.5 Å². The van der Waals surface area contributed by atoms with Crippen LogP contribution in [0.2, 0.25) is 10.0 Å². The minimum atomic E-state index is -0.130. The molecular weight excluding hydrogens is 305 g/mol. The van der Waals surface area contributed by atoms with E-state index in [-0.39, 0.29) is 6.04 Å². The number of nitrogens with zero attached hydrogens (tertiary/aromatic N) is 1. The molecule has 0 spiro atoms. The van der Waals surface area contributed by atoms with Gasteiger partial charge >= 0.3 is 0 Å². The van der Waals surface area contributed by atoms with Crippen LogP contribution in [0.3, 0.4) is 0 Å². The molecule has 0 aliphatic heterocycles. The van der Waals surface area contributed by atoms with E-state index < -0.39 is 0 Å². The van der Waals surface area contributed by atoms with Gasteiger partial charge in [-0.1, -0.05) is 41.4 Å². The molecule has 2 aromatic rings. The maximum atomic E-state index is 6.22. The van der Waals surface area contributed by atoms with Gasteiger partial charge in [-0.25, -0.2) is 0 Å². The predicted molar refractivity (Wildman–Crippen MR) is 86.5 cm³/mol. The molecule has 1 aliphatic rings. The smallest absolute Gasteiger partial charge is 0.0777 e. The van der Waals surface area contributed by atoms with E-state index in [9.17, 15) is 0 Å². The second-order valence-electron chi connectivity index (χ2n) is 5.40. The van der Waals surface area contributed by atoms with Crippen molar-refractivity contribution < 1.29 is 0 Å². The molecule has 0 fully saturated rings. The molecule has 3 rings (SSSR count). The molecule has 1 aromatic carbocycles. The van der Waals surface area contributed by atoms with Gasteiger partial charge in [-0.05, 0) is 48.4 Å². The monoisotopic (exact) mass is 321 g/mol. The Morgan fingerprint density at radius 3 is 2.76 bits per heavy atom. The molecule has 110 valence electrons. The van der Waals surface area contributed by atoms with Crippen molar-refractivity contribution in [2.24, 2.45) is 5.84 Å². The second kappa shape index (κ2) is 6.32. The maximum absolute atomic E-state index is 6.22. The third-order valence-electron chi connectivity index (χ3n) is 3.97. The van der Waals surface area contributed by atoms with E-state index in [1.165, 1.54) is 36.0 Å². The SMILES string of the molecule is NNC(Cc1ccc2c(c1)CCC2)c1ncc(Cl)cc1Cl. The molecule has 0 bridgehead atoms. The molecule has 0 amide bonds. The summed E-state index contributed by atoms with van der Waals surface area (Å²) < 4.78 is 0. The highest BCUT2D eigenvalue weighted by molar-refractivity contribution is 6.34. The lowest BCUT2D eigenvalue weighted by atomic mass is 9.99. The van der Waals surface area contributed by atoms with E-state index in [1.807, 2.05) is 0 Å². The lowest BCUT2D eigenvalue weighted by molar-refractivity contribution is 0.538. The highest BCUT2D eigenvalue weighted by Crippen LogP contribution is 2.28. The molecule has 3 N–H and O–H groups in total. The van der Waals surface area contributed by atoms with Gasteiger partial charge < -0.3 is 0 Å². The minimum absolute atomic E-state index is 0.130. The van der Waals surface area contributed by atoms with Crippen molar-refractivity contribution in [2.45, 2.75) is 31.7 Å². The van der Waals surface area contributed by atoms with E-state index >= 15 is 0 Å². The lowest BCUT2D eigenvalue weighted by Gasteiger charge is -2.17.